The lowest BCUT2D eigenvalue weighted by molar-refractivity contribution is -0.0964. The molecule has 1 amide bonds. The van der Waals surface area contributed by atoms with Crippen LogP contribution in [-0.2, 0) is 0 Å². The van der Waals surface area contributed by atoms with E-state index >= 15 is 0 Å². The average molecular weight is 405 g/mol. The van der Waals surface area contributed by atoms with Crippen molar-refractivity contribution >= 4 is 40.9 Å². The second kappa shape index (κ2) is 6.71. The van der Waals surface area contributed by atoms with Gasteiger partial charge in [0.15, 0.2) is 23.0 Å². The molecule has 1 heterocycles. The second-order valence-electron chi connectivity index (χ2n) is 4.93. The number of carbonyl (C=O) groups excluding carboxylic acids is 1. The number of methoxy groups -OCH3 is 1. The predicted octanol–water partition coefficient (Wildman–Crippen LogP) is 4.28. The van der Waals surface area contributed by atoms with E-state index in [-0.39, 0.29) is 5.75 Å². The molecule has 25 heavy (non-hydrogen) atoms. The molecule has 0 aliphatic carbocycles. The molecule has 1 aliphatic heterocycles. The minimum atomic E-state index is -2.15. The van der Waals surface area contributed by atoms with Gasteiger partial charge in [-0.2, -0.15) is 0 Å². The first kappa shape index (κ1) is 17.8. The van der Waals surface area contributed by atoms with Crippen LogP contribution in [0.3, 0.4) is 0 Å². The quantitative estimate of drug-likeness (QED) is 0.774. The normalized spacial score (nSPS) is 14.7. The molecule has 0 saturated heterocycles. The molecule has 0 spiro atoms. The van der Waals surface area contributed by atoms with Gasteiger partial charge in [-0.1, -0.05) is 59.1 Å². The topological polar surface area (TPSA) is 66.0 Å². The summed E-state index contributed by atoms with van der Waals surface area (Å²) < 4.78 is 19.3. The van der Waals surface area contributed by atoms with E-state index < -0.39 is 15.8 Å². The summed E-state index contributed by atoms with van der Waals surface area (Å²) in [7, 11) is 1.45. The Morgan fingerprint density at radius 2 is 1.52 bits per heavy atom. The monoisotopic (exact) mass is 403 g/mol. The molecule has 1 N–H and O–H groups in total. The molecule has 0 fully saturated rings. The van der Waals surface area contributed by atoms with Crippen LogP contribution in [0.25, 0.3) is 0 Å². The molecule has 0 saturated carbocycles. The largest absolute Gasteiger partial charge is 0.493 e. The molecule has 6 nitrogen and oxygen atoms in total. The molecule has 0 radical (unpaired) electrons. The fourth-order valence-corrected chi connectivity index (χ4v) is 2.52. The van der Waals surface area contributed by atoms with E-state index in [1.807, 2.05) is 0 Å². The number of ether oxygens (including phenoxy) is 4. The van der Waals surface area contributed by atoms with Crippen LogP contribution < -0.4 is 24.3 Å². The first-order valence-electron chi connectivity index (χ1n) is 7.01. The molecular weight excluding hydrogens is 393 g/mol. The fourth-order valence-electron chi connectivity index (χ4n) is 2.15. The maximum Gasteiger partial charge on any atom is 0.418 e. The number of carbonyl (C=O) groups is 1. The van der Waals surface area contributed by atoms with Gasteiger partial charge in [-0.3, -0.25) is 0 Å². The predicted molar refractivity (Wildman–Crippen MR) is 92.9 cm³/mol. The summed E-state index contributed by atoms with van der Waals surface area (Å²) >= 11 is 17.9. The van der Waals surface area contributed by atoms with Gasteiger partial charge >= 0.3 is 12.0 Å². The third-order valence-corrected chi connectivity index (χ3v) is 4.01. The Kier molecular flexibility index (Phi) is 4.77. The van der Waals surface area contributed by atoms with Crippen molar-refractivity contribution in [3.8, 4) is 23.0 Å². The molecule has 3 rings (SSSR count). The number of rotatable bonds is 3. The molecule has 0 unspecified atom stereocenters. The number of hydrogen-bond donors (Lipinski definition) is 1. The SMILES string of the molecule is COc1ccccc1OC(=O)NC1(C(Cl)(Cl)Cl)Oc2ccccc2O1. The number of halogens is 3. The fraction of sp³-hybridized carbons (Fsp3) is 0.188. The standard InChI is InChI=1S/C16H12Cl3NO5/c1-22-10-6-2-3-7-11(10)23-14(21)20-16(15(17,18)19)24-12-8-4-5-9-13(12)25-16/h2-9H,1H3,(H,20,21). The van der Waals surface area contributed by atoms with E-state index in [1.54, 1.807) is 48.5 Å². The number of hydrogen-bond acceptors (Lipinski definition) is 5. The molecule has 132 valence electrons. The van der Waals surface area contributed by atoms with Gasteiger partial charge in [0.25, 0.3) is 3.79 Å². The number of nitrogens with one attached hydrogen (secondary N) is 1. The lowest BCUT2D eigenvalue weighted by atomic mass is 10.3. The summed E-state index contributed by atoms with van der Waals surface area (Å²) in [5.74, 6) is -0.923. The van der Waals surface area contributed by atoms with Crippen molar-refractivity contribution in [1.82, 2.24) is 5.32 Å². The number of fused-ring (bicyclic) bond motifs is 1. The van der Waals surface area contributed by atoms with Crippen LogP contribution in [0, 0.1) is 0 Å². The lowest BCUT2D eigenvalue weighted by Gasteiger charge is -2.33. The van der Waals surface area contributed by atoms with E-state index in [4.69, 9.17) is 53.8 Å². The van der Waals surface area contributed by atoms with Crippen molar-refractivity contribution in [3.05, 3.63) is 48.5 Å². The Morgan fingerprint density at radius 3 is 2.04 bits per heavy atom. The number of alkyl halides is 3. The van der Waals surface area contributed by atoms with E-state index in [0.29, 0.717) is 17.2 Å². The minimum absolute atomic E-state index is 0.178. The Morgan fingerprint density at radius 1 is 1.00 bits per heavy atom. The highest BCUT2D eigenvalue weighted by atomic mass is 35.6. The summed E-state index contributed by atoms with van der Waals surface area (Å²) in [6.07, 6.45) is -0.955. The summed E-state index contributed by atoms with van der Waals surface area (Å²) in [6.45, 7) is 0. The molecular formula is C16H12Cl3NO5. The minimum Gasteiger partial charge on any atom is -0.493 e. The molecule has 2 aromatic rings. The van der Waals surface area contributed by atoms with Gasteiger partial charge in [0.1, 0.15) is 0 Å². The Labute approximate surface area is 158 Å². The molecule has 0 aromatic heterocycles. The van der Waals surface area contributed by atoms with Crippen LogP contribution in [-0.4, -0.2) is 22.9 Å². The summed E-state index contributed by atoms with van der Waals surface area (Å²) in [4.78, 5) is 12.3. The van der Waals surface area contributed by atoms with Crippen LogP contribution in [0.1, 0.15) is 0 Å². The first-order valence-corrected chi connectivity index (χ1v) is 8.15. The van der Waals surface area contributed by atoms with Crippen molar-refractivity contribution in [1.29, 1.82) is 0 Å². The van der Waals surface area contributed by atoms with E-state index in [1.165, 1.54) is 7.11 Å². The summed E-state index contributed by atoms with van der Waals surface area (Å²) in [5.41, 5.74) is 0. The van der Waals surface area contributed by atoms with Gasteiger partial charge in [-0.25, -0.2) is 10.1 Å². The first-order chi connectivity index (χ1) is 11.8. The van der Waals surface area contributed by atoms with Crippen LogP contribution in [0.15, 0.2) is 48.5 Å². The highest BCUT2D eigenvalue weighted by molar-refractivity contribution is 6.68. The summed E-state index contributed by atoms with van der Waals surface area (Å²) in [5, 5.41) is 2.32. The molecule has 0 bridgehead atoms. The van der Waals surface area contributed by atoms with Crippen LogP contribution >= 0.6 is 34.8 Å². The van der Waals surface area contributed by atoms with Crippen molar-refractivity contribution in [3.63, 3.8) is 0 Å². The highest BCUT2D eigenvalue weighted by Gasteiger charge is 2.60. The van der Waals surface area contributed by atoms with E-state index in [0.717, 1.165) is 0 Å². The second-order valence-corrected chi connectivity index (χ2v) is 7.21. The van der Waals surface area contributed by atoms with Crippen molar-refractivity contribution in [2.24, 2.45) is 0 Å². The van der Waals surface area contributed by atoms with E-state index in [2.05, 4.69) is 5.32 Å². The Bertz CT molecular complexity index is 768. The molecule has 0 atom stereocenters. The van der Waals surface area contributed by atoms with Gasteiger partial charge in [0, 0.05) is 0 Å². The van der Waals surface area contributed by atoms with Crippen LogP contribution in [0.2, 0.25) is 0 Å². The Hall–Kier alpha value is -2.02. The van der Waals surface area contributed by atoms with Crippen LogP contribution in [0.4, 0.5) is 4.79 Å². The van der Waals surface area contributed by atoms with Gasteiger partial charge in [-0.05, 0) is 24.3 Å². The third kappa shape index (κ3) is 3.51. The van der Waals surface area contributed by atoms with Gasteiger partial charge in [0.2, 0.25) is 0 Å². The third-order valence-electron chi connectivity index (χ3n) is 3.27. The van der Waals surface area contributed by atoms with E-state index in [9.17, 15) is 4.79 Å². The van der Waals surface area contributed by atoms with Gasteiger partial charge < -0.3 is 18.9 Å². The molecule has 9 heteroatoms. The average Bonchev–Trinajstić information content (AvgIpc) is 2.94. The number of para-hydroxylation sites is 4. The lowest BCUT2D eigenvalue weighted by Crippen LogP contribution is -2.64. The number of amides is 1. The van der Waals surface area contributed by atoms with Crippen molar-refractivity contribution in [2.75, 3.05) is 7.11 Å². The summed E-state index contributed by atoms with van der Waals surface area (Å²) in [6, 6.07) is 13.2. The van der Waals surface area contributed by atoms with Crippen LogP contribution in [0.5, 0.6) is 23.0 Å². The van der Waals surface area contributed by atoms with Gasteiger partial charge in [-0.15, -0.1) is 0 Å². The number of benzene rings is 2. The smallest absolute Gasteiger partial charge is 0.418 e. The maximum atomic E-state index is 12.3. The highest BCUT2D eigenvalue weighted by Crippen LogP contribution is 2.48. The zero-order valence-corrected chi connectivity index (χ0v) is 15.1. The molecule has 1 aliphatic rings. The zero-order valence-electron chi connectivity index (χ0n) is 12.8. The molecule has 2 aromatic carbocycles. The van der Waals surface area contributed by atoms with Crippen molar-refractivity contribution < 1.29 is 23.7 Å². The zero-order chi connectivity index (χ0) is 18.1. The van der Waals surface area contributed by atoms with Gasteiger partial charge in [0.05, 0.1) is 7.11 Å². The Balaban J connectivity index is 1.82. The van der Waals surface area contributed by atoms with Crippen molar-refractivity contribution in [2.45, 2.75) is 9.70 Å². The maximum absolute atomic E-state index is 12.3.